The van der Waals surface area contributed by atoms with Gasteiger partial charge in [0.1, 0.15) is 0 Å². The van der Waals surface area contributed by atoms with Crippen LogP contribution in [0.4, 0.5) is 5.69 Å². The van der Waals surface area contributed by atoms with E-state index >= 15 is 0 Å². The third kappa shape index (κ3) is 2.02. The minimum atomic E-state index is 0.214. The van der Waals surface area contributed by atoms with E-state index in [2.05, 4.69) is 10.1 Å². The molecule has 0 spiro atoms. The second kappa shape index (κ2) is 4.14. The van der Waals surface area contributed by atoms with Crippen LogP contribution in [-0.4, -0.2) is 10.1 Å². The van der Waals surface area contributed by atoms with Gasteiger partial charge in [-0.15, -0.1) is 0 Å². The van der Waals surface area contributed by atoms with Gasteiger partial charge in [-0.05, 0) is 18.2 Å². The number of aromatic nitrogens is 2. The molecule has 84 valence electrons. The summed E-state index contributed by atoms with van der Waals surface area (Å²) in [6.07, 6.45) is 0. The Bertz CT molecular complexity index is 508. The molecule has 0 bridgehead atoms. The third-order valence-corrected chi connectivity index (χ3v) is 2.53. The molecular formula is C11H12ClN3O. The summed E-state index contributed by atoms with van der Waals surface area (Å²) >= 11 is 5.83. The molecule has 1 aromatic heterocycles. The molecule has 4 nitrogen and oxygen atoms in total. The SMILES string of the molecule is CC(C)c1nc(-c2ccc(Cl)c(N)c2)no1. The average Bonchev–Trinajstić information content (AvgIpc) is 2.71. The van der Waals surface area contributed by atoms with E-state index in [0.29, 0.717) is 22.4 Å². The molecule has 0 aliphatic heterocycles. The molecule has 0 fully saturated rings. The summed E-state index contributed by atoms with van der Waals surface area (Å²) in [5, 5.41) is 4.42. The molecule has 16 heavy (non-hydrogen) atoms. The summed E-state index contributed by atoms with van der Waals surface area (Å²) in [6, 6.07) is 5.27. The van der Waals surface area contributed by atoms with Crippen LogP contribution in [0.1, 0.15) is 25.7 Å². The molecule has 0 amide bonds. The average molecular weight is 238 g/mol. The second-order valence-electron chi connectivity index (χ2n) is 3.85. The van der Waals surface area contributed by atoms with Crippen LogP contribution < -0.4 is 5.73 Å². The highest BCUT2D eigenvalue weighted by Crippen LogP contribution is 2.25. The maximum atomic E-state index is 5.83. The fraction of sp³-hybridized carbons (Fsp3) is 0.273. The van der Waals surface area contributed by atoms with Gasteiger partial charge in [0.05, 0.1) is 10.7 Å². The van der Waals surface area contributed by atoms with Crippen molar-refractivity contribution in [2.24, 2.45) is 0 Å². The third-order valence-electron chi connectivity index (χ3n) is 2.19. The van der Waals surface area contributed by atoms with Crippen molar-refractivity contribution in [1.82, 2.24) is 10.1 Å². The van der Waals surface area contributed by atoms with Crippen LogP contribution in [0, 0.1) is 0 Å². The summed E-state index contributed by atoms with van der Waals surface area (Å²) in [4.78, 5) is 4.27. The van der Waals surface area contributed by atoms with E-state index in [1.54, 1.807) is 12.1 Å². The number of anilines is 1. The summed E-state index contributed by atoms with van der Waals surface area (Å²) in [7, 11) is 0. The van der Waals surface area contributed by atoms with Crippen molar-refractivity contribution in [2.45, 2.75) is 19.8 Å². The van der Waals surface area contributed by atoms with Gasteiger partial charge in [0, 0.05) is 11.5 Å². The molecule has 0 saturated heterocycles. The van der Waals surface area contributed by atoms with Crippen molar-refractivity contribution >= 4 is 17.3 Å². The minimum absolute atomic E-state index is 0.214. The van der Waals surface area contributed by atoms with Gasteiger partial charge in [-0.25, -0.2) is 0 Å². The molecule has 1 aromatic carbocycles. The Hall–Kier alpha value is -1.55. The zero-order valence-corrected chi connectivity index (χ0v) is 9.82. The molecule has 2 rings (SSSR count). The van der Waals surface area contributed by atoms with E-state index in [-0.39, 0.29) is 5.92 Å². The van der Waals surface area contributed by atoms with E-state index in [9.17, 15) is 0 Å². The highest BCUT2D eigenvalue weighted by molar-refractivity contribution is 6.33. The molecule has 0 aliphatic rings. The van der Waals surface area contributed by atoms with E-state index in [0.717, 1.165) is 5.56 Å². The molecule has 1 heterocycles. The van der Waals surface area contributed by atoms with E-state index < -0.39 is 0 Å². The largest absolute Gasteiger partial charge is 0.398 e. The van der Waals surface area contributed by atoms with Crippen molar-refractivity contribution in [3.63, 3.8) is 0 Å². The van der Waals surface area contributed by atoms with Crippen LogP contribution in [0.2, 0.25) is 5.02 Å². The normalized spacial score (nSPS) is 11.0. The summed E-state index contributed by atoms with van der Waals surface area (Å²) in [5.74, 6) is 1.36. The second-order valence-corrected chi connectivity index (χ2v) is 4.25. The van der Waals surface area contributed by atoms with Crippen LogP contribution in [0.15, 0.2) is 22.7 Å². The van der Waals surface area contributed by atoms with E-state index in [1.165, 1.54) is 0 Å². The first-order valence-corrected chi connectivity index (χ1v) is 5.34. The van der Waals surface area contributed by atoms with Gasteiger partial charge < -0.3 is 10.3 Å². The van der Waals surface area contributed by atoms with Gasteiger partial charge in [0.2, 0.25) is 11.7 Å². The zero-order valence-electron chi connectivity index (χ0n) is 9.07. The number of halogens is 1. The van der Waals surface area contributed by atoms with Crippen LogP contribution in [-0.2, 0) is 0 Å². The Morgan fingerprint density at radius 1 is 1.38 bits per heavy atom. The molecule has 0 aliphatic carbocycles. The molecule has 5 heteroatoms. The van der Waals surface area contributed by atoms with E-state index in [1.807, 2.05) is 19.9 Å². The summed E-state index contributed by atoms with van der Waals surface area (Å²) < 4.78 is 5.12. The maximum Gasteiger partial charge on any atom is 0.229 e. The lowest BCUT2D eigenvalue weighted by Crippen LogP contribution is -1.89. The first-order valence-electron chi connectivity index (χ1n) is 4.97. The van der Waals surface area contributed by atoms with Gasteiger partial charge in [-0.2, -0.15) is 4.98 Å². The first kappa shape index (κ1) is 11.0. The number of nitrogens with zero attached hydrogens (tertiary/aromatic N) is 2. The van der Waals surface area contributed by atoms with Crippen molar-refractivity contribution in [2.75, 3.05) is 5.73 Å². The molecule has 2 aromatic rings. The first-order chi connectivity index (χ1) is 7.58. The van der Waals surface area contributed by atoms with Gasteiger partial charge in [-0.3, -0.25) is 0 Å². The monoisotopic (exact) mass is 237 g/mol. The van der Waals surface area contributed by atoms with Crippen molar-refractivity contribution in [1.29, 1.82) is 0 Å². The van der Waals surface area contributed by atoms with Crippen molar-refractivity contribution in [3.8, 4) is 11.4 Å². The Morgan fingerprint density at radius 3 is 2.69 bits per heavy atom. The zero-order chi connectivity index (χ0) is 11.7. The molecule has 0 saturated carbocycles. The van der Waals surface area contributed by atoms with Crippen molar-refractivity contribution < 1.29 is 4.52 Å². The number of rotatable bonds is 2. The number of nitrogen functional groups attached to an aromatic ring is 1. The predicted octanol–water partition coefficient (Wildman–Crippen LogP) is 3.10. The van der Waals surface area contributed by atoms with Gasteiger partial charge in [0.25, 0.3) is 0 Å². The molecular weight excluding hydrogens is 226 g/mol. The lowest BCUT2D eigenvalue weighted by atomic mass is 10.2. The molecule has 0 radical (unpaired) electrons. The van der Waals surface area contributed by atoms with Crippen LogP contribution in [0.3, 0.4) is 0 Å². The summed E-state index contributed by atoms with van der Waals surface area (Å²) in [6.45, 7) is 3.99. The number of nitrogens with two attached hydrogens (primary N) is 1. The quantitative estimate of drug-likeness (QED) is 0.816. The molecule has 0 atom stereocenters. The fourth-order valence-corrected chi connectivity index (χ4v) is 1.39. The lowest BCUT2D eigenvalue weighted by molar-refractivity contribution is 0.365. The molecule has 0 unspecified atom stereocenters. The van der Waals surface area contributed by atoms with Gasteiger partial charge in [0.15, 0.2) is 0 Å². The highest BCUT2D eigenvalue weighted by atomic mass is 35.5. The van der Waals surface area contributed by atoms with Gasteiger partial charge >= 0.3 is 0 Å². The Morgan fingerprint density at radius 2 is 2.12 bits per heavy atom. The molecule has 2 N–H and O–H groups in total. The van der Waals surface area contributed by atoms with E-state index in [4.69, 9.17) is 21.9 Å². The maximum absolute atomic E-state index is 5.83. The van der Waals surface area contributed by atoms with Gasteiger partial charge in [-0.1, -0.05) is 30.6 Å². The van der Waals surface area contributed by atoms with Crippen LogP contribution in [0.5, 0.6) is 0 Å². The predicted molar refractivity (Wildman–Crippen MR) is 63.2 cm³/mol. The lowest BCUT2D eigenvalue weighted by Gasteiger charge is -1.99. The number of hydrogen-bond acceptors (Lipinski definition) is 4. The Kier molecular flexibility index (Phi) is 2.83. The number of hydrogen-bond donors (Lipinski definition) is 1. The van der Waals surface area contributed by atoms with Crippen LogP contribution >= 0.6 is 11.6 Å². The highest BCUT2D eigenvalue weighted by Gasteiger charge is 2.11. The smallest absolute Gasteiger partial charge is 0.229 e. The Balaban J connectivity index is 2.39. The van der Waals surface area contributed by atoms with Crippen molar-refractivity contribution in [3.05, 3.63) is 29.1 Å². The summed E-state index contributed by atoms with van der Waals surface area (Å²) in [5.41, 5.74) is 7.02. The standard InChI is InChI=1S/C11H12ClN3O/c1-6(2)11-14-10(15-16-11)7-3-4-8(12)9(13)5-7/h3-6H,13H2,1-2H3. The van der Waals surface area contributed by atoms with Crippen LogP contribution in [0.25, 0.3) is 11.4 Å². The fourth-order valence-electron chi connectivity index (χ4n) is 1.27. The topological polar surface area (TPSA) is 64.9 Å². The minimum Gasteiger partial charge on any atom is -0.398 e. The Labute approximate surface area is 98.4 Å². The number of benzene rings is 1.